The average molecular weight is 481 g/mol. The minimum Gasteiger partial charge on any atom is -0.479 e. The molecule has 0 saturated carbocycles. The molecule has 4 rings (SSSR count). The van der Waals surface area contributed by atoms with Crippen molar-refractivity contribution in [1.82, 2.24) is 0 Å². The molecule has 2 aromatic carbocycles. The second kappa shape index (κ2) is 9.14. The molecule has 0 spiro atoms. The Bertz CT molecular complexity index is 1130. The molecule has 5 N–H and O–H groups in total. The topological polar surface area (TPSA) is 158 Å². The summed E-state index contributed by atoms with van der Waals surface area (Å²) in [6.45, 7) is 0. The number of nitrogens with one attached hydrogen (secondary N) is 1. The number of carboxylic acid groups (broad SMARTS) is 1. The molecule has 0 radical (unpaired) electrons. The summed E-state index contributed by atoms with van der Waals surface area (Å²) in [4.78, 5) is 28.4. The van der Waals surface area contributed by atoms with Crippen LogP contribution in [-0.4, -0.2) is 74.9 Å². The van der Waals surface area contributed by atoms with Crippen LogP contribution in [-0.2, 0) is 19.1 Å². The van der Waals surface area contributed by atoms with Crippen molar-refractivity contribution in [3.05, 3.63) is 64.4 Å². The summed E-state index contributed by atoms with van der Waals surface area (Å²) >= 11 is 6.09. The highest BCUT2D eigenvalue weighted by molar-refractivity contribution is 6.32. The molecule has 0 aromatic heterocycles. The number of carboxylic acids is 1. The van der Waals surface area contributed by atoms with Crippen LogP contribution in [0.5, 0.6) is 0 Å². The Labute approximate surface area is 190 Å². The molecule has 2 aromatic rings. The van der Waals surface area contributed by atoms with Gasteiger partial charge in [0.1, 0.15) is 24.1 Å². The number of nitrogens with zero attached hydrogens (tertiary/aromatic N) is 1. The van der Waals surface area contributed by atoms with Crippen LogP contribution in [0, 0.1) is 5.82 Å². The first kappa shape index (κ1) is 23.2. The van der Waals surface area contributed by atoms with Gasteiger partial charge in [0.2, 0.25) is 6.23 Å². The standard InChI is InChI=1S/C21H18ClFN2O8/c22-8-5-6-12-10(7-8)13(9-3-1-2-4-11(9)23)25-19(18(29)24-12)33-21-16(28)14(26)15(27)17(32-21)20(30)31/h1-7,14-17,19,21,26-28H,(H,24,29)(H,30,31)/t14-,15-,16+,17-,19?,21-/m0/s1. The first-order chi connectivity index (χ1) is 15.7. The maximum atomic E-state index is 14.6. The maximum absolute atomic E-state index is 14.6. The van der Waals surface area contributed by atoms with Gasteiger partial charge in [-0.2, -0.15) is 0 Å². The molecule has 1 amide bonds. The van der Waals surface area contributed by atoms with Gasteiger partial charge in [-0.15, -0.1) is 0 Å². The van der Waals surface area contributed by atoms with Crippen LogP contribution in [0.1, 0.15) is 11.1 Å². The second-order valence-electron chi connectivity index (χ2n) is 7.36. The van der Waals surface area contributed by atoms with Gasteiger partial charge in [-0.1, -0.05) is 23.7 Å². The number of carbonyl (C=O) groups is 2. The minimum absolute atomic E-state index is 0.00498. The van der Waals surface area contributed by atoms with Crippen molar-refractivity contribution in [2.24, 2.45) is 4.99 Å². The van der Waals surface area contributed by atoms with E-state index in [2.05, 4.69) is 10.3 Å². The lowest BCUT2D eigenvalue weighted by atomic mass is 9.99. The van der Waals surface area contributed by atoms with E-state index in [1.165, 1.54) is 36.4 Å². The van der Waals surface area contributed by atoms with Crippen molar-refractivity contribution in [3.63, 3.8) is 0 Å². The van der Waals surface area contributed by atoms with Gasteiger partial charge in [0.25, 0.3) is 5.91 Å². The van der Waals surface area contributed by atoms with E-state index in [0.29, 0.717) is 5.02 Å². The van der Waals surface area contributed by atoms with Gasteiger partial charge < -0.3 is 35.2 Å². The van der Waals surface area contributed by atoms with Gasteiger partial charge >= 0.3 is 5.97 Å². The third-order valence-electron chi connectivity index (χ3n) is 5.17. The minimum atomic E-state index is -1.94. The van der Waals surface area contributed by atoms with E-state index in [1.54, 1.807) is 6.07 Å². The Morgan fingerprint density at radius 1 is 1.09 bits per heavy atom. The Balaban J connectivity index is 1.75. The molecule has 2 heterocycles. The fourth-order valence-electron chi connectivity index (χ4n) is 3.51. The number of ether oxygens (including phenoxy) is 2. The Kier molecular flexibility index (Phi) is 6.43. The van der Waals surface area contributed by atoms with Crippen molar-refractivity contribution < 1.29 is 43.9 Å². The highest BCUT2D eigenvalue weighted by atomic mass is 35.5. The van der Waals surface area contributed by atoms with Gasteiger partial charge in [0.15, 0.2) is 12.4 Å². The maximum Gasteiger partial charge on any atom is 0.335 e. The van der Waals surface area contributed by atoms with Crippen LogP contribution in [0.2, 0.25) is 5.02 Å². The smallest absolute Gasteiger partial charge is 0.335 e. The van der Waals surface area contributed by atoms with Crippen molar-refractivity contribution in [1.29, 1.82) is 0 Å². The number of aliphatic carboxylic acids is 1. The number of halogens is 2. The Morgan fingerprint density at radius 3 is 2.52 bits per heavy atom. The number of aliphatic hydroxyl groups is 3. The summed E-state index contributed by atoms with van der Waals surface area (Å²) in [6.07, 6.45) is -11.3. The molecule has 174 valence electrons. The third kappa shape index (κ3) is 4.47. The van der Waals surface area contributed by atoms with E-state index in [0.717, 1.165) is 0 Å². The zero-order valence-corrected chi connectivity index (χ0v) is 17.4. The van der Waals surface area contributed by atoms with Crippen LogP contribution in [0.3, 0.4) is 0 Å². The number of aliphatic imine (C=N–C) groups is 1. The predicted octanol–water partition coefficient (Wildman–Crippen LogP) is 0.503. The number of aliphatic hydroxyl groups excluding tert-OH is 3. The van der Waals surface area contributed by atoms with Crippen LogP contribution in [0.15, 0.2) is 47.5 Å². The van der Waals surface area contributed by atoms with Gasteiger partial charge in [-0.3, -0.25) is 4.79 Å². The van der Waals surface area contributed by atoms with Crippen molar-refractivity contribution in [2.45, 2.75) is 36.9 Å². The number of hydrogen-bond acceptors (Lipinski definition) is 8. The lowest BCUT2D eigenvalue weighted by Gasteiger charge is -2.39. The highest BCUT2D eigenvalue weighted by Crippen LogP contribution is 2.30. The van der Waals surface area contributed by atoms with Crippen molar-refractivity contribution in [2.75, 3.05) is 5.32 Å². The summed E-state index contributed by atoms with van der Waals surface area (Å²) in [5, 5.41) is 42.1. The molecule has 1 unspecified atom stereocenters. The van der Waals surface area contributed by atoms with E-state index in [1.807, 2.05) is 0 Å². The number of benzene rings is 2. The zero-order valence-electron chi connectivity index (χ0n) is 16.6. The van der Waals surface area contributed by atoms with Crippen LogP contribution in [0.25, 0.3) is 0 Å². The number of rotatable bonds is 4. The normalized spacial score (nSPS) is 29.5. The molecule has 6 atom stereocenters. The molecule has 1 saturated heterocycles. The summed E-state index contributed by atoms with van der Waals surface area (Å²) in [6, 6.07) is 10.1. The molecule has 2 aliphatic rings. The molecular formula is C21H18ClFN2O8. The van der Waals surface area contributed by atoms with Crippen LogP contribution in [0.4, 0.5) is 10.1 Å². The molecular weight excluding hydrogens is 463 g/mol. The SMILES string of the molecule is O=C1Nc2ccc(Cl)cc2C(c2ccccc2F)=NC1O[C@@H]1O[C@H](C(=O)O)[C@@H](O)[C@H](O)[C@H]1O. The second-order valence-corrected chi connectivity index (χ2v) is 7.80. The fraction of sp³-hybridized carbons (Fsp3) is 0.286. The van der Waals surface area contributed by atoms with Gasteiger partial charge in [0.05, 0.1) is 11.4 Å². The fourth-order valence-corrected chi connectivity index (χ4v) is 3.68. The quantitative estimate of drug-likeness (QED) is 0.423. The summed E-state index contributed by atoms with van der Waals surface area (Å²) < 4.78 is 25.1. The van der Waals surface area contributed by atoms with Gasteiger partial charge in [0, 0.05) is 16.1 Å². The zero-order chi connectivity index (χ0) is 23.9. The van der Waals surface area contributed by atoms with E-state index in [4.69, 9.17) is 21.1 Å². The first-order valence-corrected chi connectivity index (χ1v) is 10.1. The molecule has 0 bridgehead atoms. The summed E-state index contributed by atoms with van der Waals surface area (Å²) in [5.41, 5.74) is 0.558. The molecule has 10 nitrogen and oxygen atoms in total. The number of anilines is 1. The number of fused-ring (bicyclic) bond motifs is 1. The van der Waals surface area contributed by atoms with Crippen LogP contribution >= 0.6 is 11.6 Å². The van der Waals surface area contributed by atoms with Crippen LogP contribution < -0.4 is 5.32 Å². The predicted molar refractivity (Wildman–Crippen MR) is 111 cm³/mol. The summed E-state index contributed by atoms with van der Waals surface area (Å²) in [7, 11) is 0. The van der Waals surface area contributed by atoms with E-state index in [9.17, 15) is 34.4 Å². The average Bonchev–Trinajstić information content (AvgIpc) is 2.90. The largest absolute Gasteiger partial charge is 0.479 e. The van der Waals surface area contributed by atoms with Crippen molar-refractivity contribution >= 4 is 34.9 Å². The number of carbonyl (C=O) groups excluding carboxylic acids is 1. The molecule has 1 fully saturated rings. The number of benzodiazepines with no additional fused rings is 1. The third-order valence-corrected chi connectivity index (χ3v) is 5.41. The van der Waals surface area contributed by atoms with Gasteiger partial charge in [-0.25, -0.2) is 14.2 Å². The first-order valence-electron chi connectivity index (χ1n) is 9.69. The molecule has 2 aliphatic heterocycles. The Hall–Kier alpha value is -2.93. The number of hydrogen-bond donors (Lipinski definition) is 5. The van der Waals surface area contributed by atoms with E-state index in [-0.39, 0.29) is 22.5 Å². The monoisotopic (exact) mass is 480 g/mol. The summed E-state index contributed by atoms with van der Waals surface area (Å²) in [5.74, 6) is -3.10. The highest BCUT2D eigenvalue weighted by Gasteiger charge is 2.48. The number of amides is 1. The van der Waals surface area contributed by atoms with Gasteiger partial charge in [-0.05, 0) is 30.3 Å². The lowest BCUT2D eigenvalue weighted by Crippen LogP contribution is -2.61. The molecule has 0 aliphatic carbocycles. The Morgan fingerprint density at radius 2 is 1.82 bits per heavy atom. The van der Waals surface area contributed by atoms with Crippen molar-refractivity contribution in [3.8, 4) is 0 Å². The lowest BCUT2D eigenvalue weighted by molar-refractivity contribution is -0.300. The molecule has 33 heavy (non-hydrogen) atoms. The molecule has 12 heteroatoms. The van der Waals surface area contributed by atoms with E-state index >= 15 is 0 Å². The van der Waals surface area contributed by atoms with E-state index < -0.39 is 54.6 Å².